The topological polar surface area (TPSA) is 81.8 Å². The van der Waals surface area contributed by atoms with E-state index in [1.165, 1.54) is 10.8 Å². The third-order valence-electron chi connectivity index (χ3n) is 4.92. The minimum Gasteiger partial charge on any atom is -0.324 e. The number of fused-ring (bicyclic) bond motifs is 1. The number of hydrogen-bond donors (Lipinski definition) is 1. The van der Waals surface area contributed by atoms with Gasteiger partial charge in [0.05, 0.1) is 17.6 Å². The maximum absolute atomic E-state index is 13.7. The van der Waals surface area contributed by atoms with Gasteiger partial charge in [-0.15, -0.1) is 0 Å². The van der Waals surface area contributed by atoms with Gasteiger partial charge in [0.15, 0.2) is 5.65 Å². The van der Waals surface area contributed by atoms with E-state index in [9.17, 15) is 18.4 Å². The Morgan fingerprint density at radius 1 is 1.10 bits per heavy atom. The second-order valence-corrected chi connectivity index (χ2v) is 7.17. The Kier molecular flexibility index (Phi) is 5.33. The standard InChI is InChI=1S/C22H19F2N5O2/c1-13-3-6-16(7-4-13)29-21-17(12-25-29)22(31)28(14(2)26-21)10-9-20(30)27-19-8-5-15(23)11-18(19)24/h3-8,11-12H,9-10H2,1-2H3,(H,27,30). The quantitative estimate of drug-likeness (QED) is 0.533. The molecule has 0 aliphatic carbocycles. The lowest BCUT2D eigenvalue weighted by atomic mass is 10.2. The molecule has 0 fully saturated rings. The molecule has 4 aromatic rings. The van der Waals surface area contributed by atoms with Crippen LogP contribution in [0.3, 0.4) is 0 Å². The third kappa shape index (κ3) is 4.07. The molecular formula is C22H19F2N5O2. The summed E-state index contributed by atoms with van der Waals surface area (Å²) in [5.41, 5.74) is 1.88. The number of hydrogen-bond acceptors (Lipinski definition) is 4. The van der Waals surface area contributed by atoms with E-state index in [0.717, 1.165) is 23.4 Å². The predicted octanol–water partition coefficient (Wildman–Crippen LogP) is 3.51. The molecule has 0 radical (unpaired) electrons. The molecule has 0 saturated carbocycles. The van der Waals surface area contributed by atoms with Crippen LogP contribution < -0.4 is 10.9 Å². The van der Waals surface area contributed by atoms with Crippen molar-refractivity contribution < 1.29 is 13.6 Å². The summed E-state index contributed by atoms with van der Waals surface area (Å²) in [6.45, 7) is 3.70. The Morgan fingerprint density at radius 2 is 1.84 bits per heavy atom. The van der Waals surface area contributed by atoms with Gasteiger partial charge in [0.2, 0.25) is 5.91 Å². The fraction of sp³-hybridized carbons (Fsp3) is 0.182. The molecule has 0 bridgehead atoms. The maximum atomic E-state index is 13.7. The number of benzene rings is 2. The molecule has 31 heavy (non-hydrogen) atoms. The van der Waals surface area contributed by atoms with Crippen molar-refractivity contribution in [3.63, 3.8) is 0 Å². The molecule has 0 aliphatic rings. The Bertz CT molecular complexity index is 1340. The molecule has 0 saturated heterocycles. The highest BCUT2D eigenvalue weighted by atomic mass is 19.1. The van der Waals surface area contributed by atoms with E-state index in [0.29, 0.717) is 22.9 Å². The minimum atomic E-state index is -0.867. The van der Waals surface area contributed by atoms with Gasteiger partial charge in [0.1, 0.15) is 22.8 Å². The molecule has 0 unspecified atom stereocenters. The number of anilines is 1. The highest BCUT2D eigenvalue weighted by Gasteiger charge is 2.15. The molecule has 0 spiro atoms. The van der Waals surface area contributed by atoms with Gasteiger partial charge in [0, 0.05) is 19.0 Å². The van der Waals surface area contributed by atoms with Crippen molar-refractivity contribution in [2.45, 2.75) is 26.8 Å². The molecule has 158 valence electrons. The van der Waals surface area contributed by atoms with Crippen molar-refractivity contribution in [3.05, 3.63) is 82.0 Å². The van der Waals surface area contributed by atoms with E-state index in [2.05, 4.69) is 15.4 Å². The number of amides is 1. The molecule has 9 heteroatoms. The lowest BCUT2D eigenvalue weighted by molar-refractivity contribution is -0.116. The Balaban J connectivity index is 1.56. The first kappa shape index (κ1) is 20.4. The van der Waals surface area contributed by atoms with Crippen molar-refractivity contribution in [2.24, 2.45) is 0 Å². The van der Waals surface area contributed by atoms with Crippen LogP contribution in [0.2, 0.25) is 0 Å². The summed E-state index contributed by atoms with van der Waals surface area (Å²) < 4.78 is 29.7. The molecule has 1 amide bonds. The summed E-state index contributed by atoms with van der Waals surface area (Å²) in [5, 5.41) is 7.01. The van der Waals surface area contributed by atoms with E-state index < -0.39 is 17.5 Å². The van der Waals surface area contributed by atoms with Crippen LogP contribution in [0.25, 0.3) is 16.7 Å². The highest BCUT2D eigenvalue weighted by molar-refractivity contribution is 5.90. The lowest BCUT2D eigenvalue weighted by Gasteiger charge is -2.11. The normalized spacial score (nSPS) is 11.1. The van der Waals surface area contributed by atoms with Crippen molar-refractivity contribution in [3.8, 4) is 5.69 Å². The predicted molar refractivity (Wildman–Crippen MR) is 112 cm³/mol. The molecule has 1 N–H and O–H groups in total. The van der Waals surface area contributed by atoms with Crippen molar-refractivity contribution in [1.29, 1.82) is 0 Å². The van der Waals surface area contributed by atoms with Gasteiger partial charge in [-0.05, 0) is 38.1 Å². The number of nitrogens with zero attached hydrogens (tertiary/aromatic N) is 4. The molecule has 2 aromatic carbocycles. The summed E-state index contributed by atoms with van der Waals surface area (Å²) in [5.74, 6) is -1.68. The van der Waals surface area contributed by atoms with Gasteiger partial charge in [-0.1, -0.05) is 17.7 Å². The minimum absolute atomic E-state index is 0.0535. The highest BCUT2D eigenvalue weighted by Crippen LogP contribution is 2.17. The molecular weight excluding hydrogens is 404 g/mol. The van der Waals surface area contributed by atoms with Crippen LogP contribution in [0.5, 0.6) is 0 Å². The lowest BCUT2D eigenvalue weighted by Crippen LogP contribution is -2.26. The van der Waals surface area contributed by atoms with Gasteiger partial charge in [-0.2, -0.15) is 5.10 Å². The fourth-order valence-electron chi connectivity index (χ4n) is 3.26. The van der Waals surface area contributed by atoms with E-state index in [1.807, 2.05) is 31.2 Å². The first-order chi connectivity index (χ1) is 14.8. The number of rotatable bonds is 5. The molecule has 0 aliphatic heterocycles. The number of halogens is 2. The van der Waals surface area contributed by atoms with E-state index >= 15 is 0 Å². The number of nitrogens with one attached hydrogen (secondary N) is 1. The average molecular weight is 423 g/mol. The van der Waals surface area contributed by atoms with Gasteiger partial charge < -0.3 is 5.32 Å². The van der Waals surface area contributed by atoms with Crippen LogP contribution in [0.15, 0.2) is 53.5 Å². The molecule has 4 rings (SSSR count). The maximum Gasteiger partial charge on any atom is 0.264 e. The zero-order chi connectivity index (χ0) is 22.1. The summed E-state index contributed by atoms with van der Waals surface area (Å²) in [6.07, 6.45) is 1.37. The summed E-state index contributed by atoms with van der Waals surface area (Å²) in [7, 11) is 0. The average Bonchev–Trinajstić information content (AvgIpc) is 3.14. The number of carbonyl (C=O) groups is 1. The van der Waals surface area contributed by atoms with E-state index in [1.54, 1.807) is 11.6 Å². The molecule has 7 nitrogen and oxygen atoms in total. The van der Waals surface area contributed by atoms with Crippen LogP contribution in [-0.2, 0) is 11.3 Å². The monoisotopic (exact) mass is 423 g/mol. The Morgan fingerprint density at radius 3 is 2.55 bits per heavy atom. The second kappa shape index (κ2) is 8.10. The summed E-state index contributed by atoms with van der Waals surface area (Å²) in [4.78, 5) is 29.7. The van der Waals surface area contributed by atoms with Gasteiger partial charge in [-0.25, -0.2) is 18.4 Å². The second-order valence-electron chi connectivity index (χ2n) is 7.17. The third-order valence-corrected chi connectivity index (χ3v) is 4.92. The molecule has 0 atom stereocenters. The fourth-order valence-corrected chi connectivity index (χ4v) is 3.26. The number of aryl methyl sites for hydroxylation is 2. The zero-order valence-electron chi connectivity index (χ0n) is 16.9. The zero-order valence-corrected chi connectivity index (χ0v) is 16.9. The smallest absolute Gasteiger partial charge is 0.264 e. The molecule has 2 aromatic heterocycles. The van der Waals surface area contributed by atoms with Crippen LogP contribution in [-0.4, -0.2) is 25.2 Å². The van der Waals surface area contributed by atoms with Crippen LogP contribution in [0, 0.1) is 25.5 Å². The first-order valence-electron chi connectivity index (χ1n) is 9.60. The summed E-state index contributed by atoms with van der Waals surface area (Å²) in [6, 6.07) is 10.6. The van der Waals surface area contributed by atoms with E-state index in [-0.39, 0.29) is 24.2 Å². The van der Waals surface area contributed by atoms with Crippen LogP contribution >= 0.6 is 0 Å². The van der Waals surface area contributed by atoms with Crippen molar-refractivity contribution >= 4 is 22.6 Å². The van der Waals surface area contributed by atoms with Crippen LogP contribution in [0.4, 0.5) is 14.5 Å². The summed E-state index contributed by atoms with van der Waals surface area (Å²) >= 11 is 0. The SMILES string of the molecule is Cc1ccc(-n2ncc3c(=O)n(CCC(=O)Nc4ccc(F)cc4F)c(C)nc32)cc1. The molecule has 2 heterocycles. The van der Waals surface area contributed by atoms with E-state index in [4.69, 9.17) is 0 Å². The largest absolute Gasteiger partial charge is 0.324 e. The first-order valence-corrected chi connectivity index (χ1v) is 9.60. The van der Waals surface area contributed by atoms with Crippen molar-refractivity contribution in [2.75, 3.05) is 5.32 Å². The Labute approximate surface area is 176 Å². The Hall–Kier alpha value is -3.88. The van der Waals surface area contributed by atoms with Crippen molar-refractivity contribution in [1.82, 2.24) is 19.3 Å². The number of aromatic nitrogens is 4. The van der Waals surface area contributed by atoms with Gasteiger partial charge in [0.25, 0.3) is 5.56 Å². The van der Waals surface area contributed by atoms with Gasteiger partial charge in [-0.3, -0.25) is 14.2 Å². The van der Waals surface area contributed by atoms with Crippen LogP contribution in [0.1, 0.15) is 17.8 Å². The van der Waals surface area contributed by atoms with Gasteiger partial charge >= 0.3 is 0 Å². The number of carbonyl (C=O) groups excluding carboxylic acids is 1.